The Morgan fingerprint density at radius 2 is 1.29 bits per heavy atom. The number of halogens is 11. The number of carbonyl (C=O) groups excluding carboxylic acids is 1. The molecule has 0 atom stereocenters. The SMILES string of the molecule is COc1cc([N+](=O)[O-])ccc1NC(=O)C1(F)C(F)(F)C(F)(F)C(F)(F)C(F)(F)C1(F)F. The van der Waals surface area contributed by atoms with Gasteiger partial charge in [0.05, 0.1) is 23.8 Å². The smallest absolute Gasteiger partial charge is 0.384 e. The van der Waals surface area contributed by atoms with E-state index in [1.807, 2.05) is 0 Å². The van der Waals surface area contributed by atoms with Gasteiger partial charge >= 0.3 is 35.3 Å². The number of nitrogens with zero attached hydrogens (tertiary/aromatic N) is 1. The number of hydrogen-bond acceptors (Lipinski definition) is 4. The summed E-state index contributed by atoms with van der Waals surface area (Å²) in [5, 5.41) is 11.5. The minimum Gasteiger partial charge on any atom is -0.494 e. The summed E-state index contributed by atoms with van der Waals surface area (Å²) in [4.78, 5) is 21.4. The Bertz CT molecular complexity index is 905. The van der Waals surface area contributed by atoms with Gasteiger partial charge in [-0.15, -0.1) is 0 Å². The summed E-state index contributed by atoms with van der Waals surface area (Å²) in [5.41, 5.74) is -8.86. The topological polar surface area (TPSA) is 81.5 Å². The molecule has 0 saturated heterocycles. The summed E-state index contributed by atoms with van der Waals surface area (Å²) in [5.74, 6) is -41.5. The quantitative estimate of drug-likeness (QED) is 0.396. The summed E-state index contributed by atoms with van der Waals surface area (Å²) in [7, 11) is 0.715. The number of rotatable bonds is 4. The van der Waals surface area contributed by atoms with Crippen LogP contribution in [0.25, 0.3) is 0 Å². The molecule has 31 heavy (non-hydrogen) atoms. The van der Waals surface area contributed by atoms with Gasteiger partial charge in [0.25, 0.3) is 11.6 Å². The largest absolute Gasteiger partial charge is 0.494 e. The third-order valence-corrected chi connectivity index (χ3v) is 4.40. The fourth-order valence-corrected chi connectivity index (χ4v) is 2.61. The zero-order valence-corrected chi connectivity index (χ0v) is 14.5. The maximum atomic E-state index is 14.6. The molecule has 0 aliphatic heterocycles. The molecule has 17 heteroatoms. The van der Waals surface area contributed by atoms with E-state index in [0.29, 0.717) is 25.3 Å². The lowest BCUT2D eigenvalue weighted by Crippen LogP contribution is -2.86. The van der Waals surface area contributed by atoms with E-state index in [2.05, 4.69) is 4.74 Å². The van der Waals surface area contributed by atoms with E-state index < -0.39 is 63.2 Å². The number of anilines is 1. The molecule has 1 fully saturated rings. The predicted octanol–water partition coefficient (Wildman–Crippen LogP) is 4.44. The first kappa shape index (κ1) is 24.4. The van der Waals surface area contributed by atoms with Gasteiger partial charge in [0, 0.05) is 6.07 Å². The molecule has 1 amide bonds. The number of amides is 1. The standard InChI is InChI=1S/C14H7F11N2O4/c1-31-7-4-5(27(29)30)2-3-6(7)26-8(28)9(15)10(16,17)12(20,21)14(24,25)13(22,23)11(9,18)19/h2-4H,1H3,(H,26,28). The predicted molar refractivity (Wildman–Crippen MR) is 76.9 cm³/mol. The first-order chi connectivity index (χ1) is 13.8. The van der Waals surface area contributed by atoms with Crippen molar-refractivity contribution in [2.75, 3.05) is 12.4 Å². The molecule has 0 radical (unpaired) electrons. The van der Waals surface area contributed by atoms with Crippen molar-refractivity contribution in [1.82, 2.24) is 0 Å². The van der Waals surface area contributed by atoms with Crippen molar-refractivity contribution < 1.29 is 62.7 Å². The van der Waals surface area contributed by atoms with Gasteiger partial charge in [-0.2, -0.15) is 43.9 Å². The zero-order valence-electron chi connectivity index (χ0n) is 14.5. The molecular weight excluding hydrogens is 469 g/mol. The second kappa shape index (κ2) is 6.56. The number of ether oxygens (including phenoxy) is 1. The van der Waals surface area contributed by atoms with Gasteiger partial charge in [-0.1, -0.05) is 0 Å². The van der Waals surface area contributed by atoms with Crippen molar-refractivity contribution in [3.63, 3.8) is 0 Å². The normalized spacial score (nSPS) is 24.1. The van der Waals surface area contributed by atoms with E-state index in [4.69, 9.17) is 0 Å². The van der Waals surface area contributed by atoms with Gasteiger partial charge in [-0.3, -0.25) is 14.9 Å². The summed E-state index contributed by atoms with van der Waals surface area (Å²) >= 11 is 0. The Kier molecular flexibility index (Phi) is 5.16. The van der Waals surface area contributed by atoms with Gasteiger partial charge in [0.2, 0.25) is 0 Å². The highest BCUT2D eigenvalue weighted by Crippen LogP contribution is 2.69. The van der Waals surface area contributed by atoms with Crippen LogP contribution in [0.3, 0.4) is 0 Å². The van der Waals surface area contributed by atoms with Gasteiger partial charge in [-0.25, -0.2) is 4.39 Å². The highest BCUT2D eigenvalue weighted by Gasteiger charge is 3.02. The molecule has 2 rings (SSSR count). The van der Waals surface area contributed by atoms with Crippen LogP contribution in [0, 0.1) is 10.1 Å². The minimum atomic E-state index is -7.46. The Labute approximate surface area is 163 Å². The average molecular weight is 476 g/mol. The van der Waals surface area contributed by atoms with E-state index in [1.54, 1.807) is 0 Å². The van der Waals surface area contributed by atoms with Crippen molar-refractivity contribution in [1.29, 1.82) is 0 Å². The lowest BCUT2D eigenvalue weighted by atomic mass is 9.71. The fourth-order valence-electron chi connectivity index (χ4n) is 2.61. The van der Waals surface area contributed by atoms with Crippen molar-refractivity contribution in [3.05, 3.63) is 28.3 Å². The van der Waals surface area contributed by atoms with Crippen molar-refractivity contribution in [2.45, 2.75) is 35.3 Å². The second-order valence-corrected chi connectivity index (χ2v) is 6.13. The first-order valence-corrected chi connectivity index (χ1v) is 7.47. The van der Waals surface area contributed by atoms with Crippen LogP contribution in [0.2, 0.25) is 0 Å². The first-order valence-electron chi connectivity index (χ1n) is 7.47. The molecule has 6 nitrogen and oxygen atoms in total. The molecule has 174 valence electrons. The van der Waals surface area contributed by atoms with Crippen LogP contribution >= 0.6 is 0 Å². The number of alkyl halides is 11. The lowest BCUT2D eigenvalue weighted by molar-refractivity contribution is -0.475. The second-order valence-electron chi connectivity index (χ2n) is 6.13. The summed E-state index contributed by atoms with van der Waals surface area (Å²) < 4.78 is 155. The number of nitrogens with one attached hydrogen (secondary N) is 1. The van der Waals surface area contributed by atoms with Gasteiger partial charge in [-0.05, 0) is 6.07 Å². The number of hydrogen-bond donors (Lipinski definition) is 1. The summed E-state index contributed by atoms with van der Waals surface area (Å²) in [6.45, 7) is 0. The zero-order chi connectivity index (χ0) is 24.4. The van der Waals surface area contributed by atoms with Crippen molar-refractivity contribution in [2.24, 2.45) is 0 Å². The van der Waals surface area contributed by atoms with Crippen molar-refractivity contribution >= 4 is 17.3 Å². The van der Waals surface area contributed by atoms with Crippen LogP contribution in [0.5, 0.6) is 5.75 Å². The third-order valence-electron chi connectivity index (χ3n) is 4.40. The summed E-state index contributed by atoms with van der Waals surface area (Å²) in [6.07, 6.45) is 0. The maximum Gasteiger partial charge on any atom is 0.384 e. The molecule has 1 aromatic rings. The lowest BCUT2D eigenvalue weighted by Gasteiger charge is -2.51. The molecule has 0 spiro atoms. The minimum absolute atomic E-state index is 0.363. The molecule has 1 saturated carbocycles. The number of benzene rings is 1. The van der Waals surface area contributed by atoms with E-state index in [-0.39, 0.29) is 0 Å². The van der Waals surface area contributed by atoms with Crippen LogP contribution in [0.4, 0.5) is 59.7 Å². The number of methoxy groups -OCH3 is 1. The van der Waals surface area contributed by atoms with Crippen LogP contribution in [0.15, 0.2) is 18.2 Å². The molecule has 1 aliphatic rings. The molecule has 0 bridgehead atoms. The number of carbonyl (C=O) groups is 1. The highest BCUT2D eigenvalue weighted by molar-refractivity contribution is 6.00. The van der Waals surface area contributed by atoms with Crippen LogP contribution in [-0.4, -0.2) is 53.2 Å². The molecule has 1 aliphatic carbocycles. The third kappa shape index (κ3) is 2.67. The summed E-state index contributed by atoms with van der Waals surface area (Å²) in [6, 6.07) is 1.26. The van der Waals surface area contributed by atoms with Crippen molar-refractivity contribution in [3.8, 4) is 5.75 Å². The van der Waals surface area contributed by atoms with E-state index in [0.717, 1.165) is 5.32 Å². The molecule has 0 aromatic heterocycles. The Balaban J connectivity index is 2.67. The number of nitro benzene ring substituents is 1. The van der Waals surface area contributed by atoms with Gasteiger partial charge < -0.3 is 10.1 Å². The highest BCUT2D eigenvalue weighted by atomic mass is 19.4. The van der Waals surface area contributed by atoms with Crippen LogP contribution < -0.4 is 10.1 Å². The Morgan fingerprint density at radius 1 is 0.871 bits per heavy atom. The van der Waals surface area contributed by atoms with E-state index in [1.165, 1.54) is 0 Å². The van der Waals surface area contributed by atoms with Gasteiger partial charge in [0.1, 0.15) is 5.75 Å². The molecule has 1 N–H and O–H groups in total. The van der Waals surface area contributed by atoms with E-state index >= 15 is 0 Å². The van der Waals surface area contributed by atoms with Gasteiger partial charge in [0.15, 0.2) is 0 Å². The average Bonchev–Trinajstić information content (AvgIpc) is 2.65. The number of nitro groups is 1. The Morgan fingerprint density at radius 3 is 1.68 bits per heavy atom. The molecule has 0 heterocycles. The van der Waals surface area contributed by atoms with Crippen LogP contribution in [0.1, 0.15) is 0 Å². The number of non-ortho nitro benzene ring substituents is 1. The molecular formula is C14H7F11N2O4. The molecule has 0 unspecified atom stereocenters. The fraction of sp³-hybridized carbons (Fsp3) is 0.500. The monoisotopic (exact) mass is 476 g/mol. The van der Waals surface area contributed by atoms with E-state index in [9.17, 15) is 63.2 Å². The molecule has 1 aromatic carbocycles. The maximum absolute atomic E-state index is 14.6. The van der Waals surface area contributed by atoms with Crippen LogP contribution in [-0.2, 0) is 4.79 Å². The Hall–Kier alpha value is -2.88.